The number of nitrogens with zero attached hydrogens (tertiary/aromatic N) is 1. The summed E-state index contributed by atoms with van der Waals surface area (Å²) < 4.78 is 23.8. The van der Waals surface area contributed by atoms with Gasteiger partial charge in [0, 0.05) is 11.6 Å². The molecule has 1 fully saturated rings. The molecule has 0 aromatic heterocycles. The van der Waals surface area contributed by atoms with Crippen LogP contribution in [-0.4, -0.2) is 20.7 Å². The fraction of sp³-hybridized carbons (Fsp3) is 0.250. The van der Waals surface area contributed by atoms with Gasteiger partial charge in [0.1, 0.15) is 0 Å². The molecule has 0 radical (unpaired) electrons. The molecule has 0 bridgehead atoms. The second kappa shape index (κ2) is 2.89. The fourth-order valence-electron chi connectivity index (χ4n) is 1.25. The Kier molecular flexibility index (Phi) is 1.96. The standard InChI is InChI=1S/C8H8ClNO2S/c9-7-2-1-3-8(6-7)10-4-5-13(10,11)12/h1-3,6H,4-5H2. The lowest BCUT2D eigenvalue weighted by Crippen LogP contribution is -2.47. The van der Waals surface area contributed by atoms with Crippen molar-refractivity contribution in [2.45, 2.75) is 0 Å². The molecule has 2 rings (SSSR count). The van der Waals surface area contributed by atoms with Crippen LogP contribution in [0, 0.1) is 0 Å². The lowest BCUT2D eigenvalue weighted by atomic mass is 10.3. The lowest BCUT2D eigenvalue weighted by Gasteiger charge is -2.32. The lowest BCUT2D eigenvalue weighted by molar-refractivity contribution is 0.578. The normalized spacial score (nSPS) is 19.6. The Balaban J connectivity index is 2.37. The van der Waals surface area contributed by atoms with Crippen molar-refractivity contribution in [1.29, 1.82) is 0 Å². The topological polar surface area (TPSA) is 37.4 Å². The Bertz CT molecular complexity index is 430. The van der Waals surface area contributed by atoms with Crippen LogP contribution in [0.4, 0.5) is 5.69 Å². The molecular formula is C8H8ClNO2S. The number of hydrogen-bond acceptors (Lipinski definition) is 2. The molecule has 1 aromatic carbocycles. The molecule has 1 aliphatic rings. The second-order valence-corrected chi connectivity index (χ2v) is 5.32. The molecule has 1 saturated heterocycles. The van der Waals surface area contributed by atoms with E-state index in [9.17, 15) is 8.42 Å². The summed E-state index contributed by atoms with van der Waals surface area (Å²) in [5.74, 6) is 0.236. The highest BCUT2D eigenvalue weighted by molar-refractivity contribution is 7.94. The van der Waals surface area contributed by atoms with Crippen molar-refractivity contribution in [2.75, 3.05) is 16.6 Å². The van der Waals surface area contributed by atoms with Crippen LogP contribution in [-0.2, 0) is 10.0 Å². The number of hydrogen-bond donors (Lipinski definition) is 0. The average molecular weight is 218 g/mol. The molecule has 1 aromatic rings. The number of rotatable bonds is 1. The molecule has 0 N–H and O–H groups in total. The Hall–Kier alpha value is -0.740. The van der Waals surface area contributed by atoms with Crippen LogP contribution >= 0.6 is 11.6 Å². The van der Waals surface area contributed by atoms with Crippen LogP contribution in [0.15, 0.2) is 24.3 Å². The summed E-state index contributed by atoms with van der Waals surface area (Å²) in [6, 6.07) is 6.85. The Morgan fingerprint density at radius 3 is 2.62 bits per heavy atom. The summed E-state index contributed by atoms with van der Waals surface area (Å²) in [4.78, 5) is 0. The van der Waals surface area contributed by atoms with Gasteiger partial charge in [-0.25, -0.2) is 8.42 Å². The summed E-state index contributed by atoms with van der Waals surface area (Å²) in [5.41, 5.74) is 0.652. The van der Waals surface area contributed by atoms with Gasteiger partial charge >= 0.3 is 0 Å². The van der Waals surface area contributed by atoms with Crippen LogP contribution in [0.5, 0.6) is 0 Å². The van der Waals surface area contributed by atoms with Gasteiger partial charge in [-0.2, -0.15) is 0 Å². The Labute approximate surface area is 82.0 Å². The third kappa shape index (κ3) is 1.51. The van der Waals surface area contributed by atoms with Crippen molar-refractivity contribution in [2.24, 2.45) is 0 Å². The van der Waals surface area contributed by atoms with Gasteiger partial charge < -0.3 is 0 Å². The molecule has 70 valence electrons. The highest BCUT2D eigenvalue weighted by Gasteiger charge is 2.32. The van der Waals surface area contributed by atoms with Crippen LogP contribution in [0.3, 0.4) is 0 Å². The molecule has 0 amide bonds. The summed E-state index contributed by atoms with van der Waals surface area (Å²) in [5, 5.41) is 0.555. The molecule has 13 heavy (non-hydrogen) atoms. The summed E-state index contributed by atoms with van der Waals surface area (Å²) in [6.45, 7) is 0.558. The first kappa shape index (κ1) is 8.84. The molecule has 5 heteroatoms. The average Bonchev–Trinajstić information content (AvgIpc) is 2.02. The van der Waals surface area contributed by atoms with Gasteiger partial charge in [0.15, 0.2) is 0 Å². The molecule has 0 unspecified atom stereocenters. The number of halogens is 1. The van der Waals surface area contributed by atoms with Crippen LogP contribution < -0.4 is 4.31 Å². The molecule has 1 aliphatic heterocycles. The minimum Gasteiger partial charge on any atom is -0.269 e. The van der Waals surface area contributed by atoms with Gasteiger partial charge in [0.2, 0.25) is 10.0 Å². The maximum atomic E-state index is 11.2. The zero-order valence-electron chi connectivity index (χ0n) is 6.77. The molecule has 1 heterocycles. The molecule has 0 saturated carbocycles. The maximum Gasteiger partial charge on any atom is 0.236 e. The minimum absolute atomic E-state index is 0.236. The van der Waals surface area contributed by atoms with Crippen molar-refractivity contribution in [3.8, 4) is 0 Å². The molecule has 0 aliphatic carbocycles. The van der Waals surface area contributed by atoms with E-state index in [2.05, 4.69) is 0 Å². The van der Waals surface area contributed by atoms with E-state index in [-0.39, 0.29) is 5.75 Å². The van der Waals surface area contributed by atoms with E-state index in [1.54, 1.807) is 24.3 Å². The second-order valence-electron chi connectivity index (χ2n) is 2.87. The Morgan fingerprint density at radius 1 is 1.38 bits per heavy atom. The number of anilines is 1. The van der Waals surface area contributed by atoms with E-state index in [0.717, 1.165) is 0 Å². The van der Waals surface area contributed by atoms with Gasteiger partial charge in [0.25, 0.3) is 0 Å². The van der Waals surface area contributed by atoms with Crippen LogP contribution in [0.1, 0.15) is 0 Å². The molecule has 3 nitrogen and oxygen atoms in total. The van der Waals surface area contributed by atoms with E-state index < -0.39 is 10.0 Å². The zero-order chi connectivity index (χ0) is 9.47. The van der Waals surface area contributed by atoms with Gasteiger partial charge in [-0.15, -0.1) is 0 Å². The maximum absolute atomic E-state index is 11.2. The quantitative estimate of drug-likeness (QED) is 0.715. The first-order chi connectivity index (χ1) is 6.09. The largest absolute Gasteiger partial charge is 0.269 e. The van der Waals surface area contributed by atoms with Crippen molar-refractivity contribution >= 4 is 27.3 Å². The van der Waals surface area contributed by atoms with E-state index in [1.807, 2.05) is 0 Å². The van der Waals surface area contributed by atoms with Gasteiger partial charge in [-0.3, -0.25) is 4.31 Å². The first-order valence-electron chi connectivity index (χ1n) is 3.85. The van der Waals surface area contributed by atoms with E-state index in [0.29, 0.717) is 17.3 Å². The monoisotopic (exact) mass is 217 g/mol. The SMILES string of the molecule is O=S1(=O)CCN1c1cccc(Cl)c1. The fourth-order valence-corrected chi connectivity index (χ4v) is 2.54. The molecule has 0 spiro atoms. The van der Waals surface area contributed by atoms with Crippen LogP contribution in [0.2, 0.25) is 5.02 Å². The van der Waals surface area contributed by atoms with Gasteiger partial charge in [0.05, 0.1) is 11.4 Å². The van der Waals surface area contributed by atoms with E-state index >= 15 is 0 Å². The third-order valence-corrected chi connectivity index (χ3v) is 3.98. The highest BCUT2D eigenvalue weighted by Crippen LogP contribution is 2.26. The highest BCUT2D eigenvalue weighted by atomic mass is 35.5. The minimum atomic E-state index is -3.02. The van der Waals surface area contributed by atoms with Crippen molar-refractivity contribution in [3.05, 3.63) is 29.3 Å². The van der Waals surface area contributed by atoms with Crippen LogP contribution in [0.25, 0.3) is 0 Å². The van der Waals surface area contributed by atoms with Crippen molar-refractivity contribution in [3.63, 3.8) is 0 Å². The van der Waals surface area contributed by atoms with Gasteiger partial charge in [-0.05, 0) is 18.2 Å². The van der Waals surface area contributed by atoms with Crippen molar-refractivity contribution < 1.29 is 8.42 Å². The number of benzene rings is 1. The molecule has 0 atom stereocenters. The van der Waals surface area contributed by atoms with E-state index in [4.69, 9.17) is 11.6 Å². The number of sulfonamides is 1. The third-order valence-electron chi connectivity index (χ3n) is 1.98. The van der Waals surface area contributed by atoms with Gasteiger partial charge in [-0.1, -0.05) is 17.7 Å². The predicted octanol–water partition coefficient (Wildman–Crippen LogP) is 1.49. The van der Waals surface area contributed by atoms with Crippen molar-refractivity contribution in [1.82, 2.24) is 0 Å². The molecular weight excluding hydrogens is 210 g/mol. The van der Waals surface area contributed by atoms with E-state index in [1.165, 1.54) is 4.31 Å². The predicted molar refractivity (Wildman–Crippen MR) is 52.6 cm³/mol. The summed E-state index contributed by atoms with van der Waals surface area (Å²) in [6.07, 6.45) is 0. The summed E-state index contributed by atoms with van der Waals surface area (Å²) in [7, 11) is -3.02. The summed E-state index contributed by atoms with van der Waals surface area (Å²) >= 11 is 5.74. The first-order valence-corrected chi connectivity index (χ1v) is 5.84. The zero-order valence-corrected chi connectivity index (χ0v) is 8.35. The smallest absolute Gasteiger partial charge is 0.236 e. The Morgan fingerprint density at radius 2 is 2.15 bits per heavy atom.